The van der Waals surface area contributed by atoms with Gasteiger partial charge in [-0.2, -0.15) is 0 Å². The highest BCUT2D eigenvalue weighted by Gasteiger charge is 2.29. The third-order valence-corrected chi connectivity index (χ3v) is 6.27. The van der Waals surface area contributed by atoms with Gasteiger partial charge in [0.2, 0.25) is 11.8 Å². The highest BCUT2D eigenvalue weighted by Crippen LogP contribution is 2.21. The Hall–Kier alpha value is -2.14. The first kappa shape index (κ1) is 21.6. The summed E-state index contributed by atoms with van der Waals surface area (Å²) in [6, 6.07) is 9.86. The molecule has 158 valence electrons. The van der Waals surface area contributed by atoms with Gasteiger partial charge in [-0.1, -0.05) is 42.0 Å². The molecule has 0 bridgehead atoms. The van der Waals surface area contributed by atoms with E-state index in [0.29, 0.717) is 6.54 Å². The van der Waals surface area contributed by atoms with Gasteiger partial charge in [0.25, 0.3) is 0 Å². The van der Waals surface area contributed by atoms with Crippen LogP contribution in [0.2, 0.25) is 0 Å². The van der Waals surface area contributed by atoms with E-state index < -0.39 is 0 Å². The van der Waals surface area contributed by atoms with Crippen LogP contribution >= 0.6 is 0 Å². The second kappa shape index (κ2) is 11.1. The van der Waals surface area contributed by atoms with Crippen LogP contribution in [0.4, 0.5) is 0 Å². The van der Waals surface area contributed by atoms with Crippen molar-refractivity contribution >= 4 is 11.8 Å². The van der Waals surface area contributed by atoms with E-state index in [2.05, 4.69) is 21.6 Å². The van der Waals surface area contributed by atoms with E-state index in [0.717, 1.165) is 44.5 Å². The zero-order chi connectivity index (χ0) is 20.5. The first-order valence-corrected chi connectivity index (χ1v) is 11.1. The number of benzene rings is 1. The molecule has 1 heterocycles. The monoisotopic (exact) mass is 397 g/mol. The summed E-state index contributed by atoms with van der Waals surface area (Å²) in [6.45, 7) is 4.87. The maximum atomic E-state index is 12.5. The fourth-order valence-corrected chi connectivity index (χ4v) is 4.27. The van der Waals surface area contributed by atoms with Crippen LogP contribution in [0.15, 0.2) is 42.0 Å². The highest BCUT2D eigenvalue weighted by molar-refractivity contribution is 5.81. The molecule has 0 aromatic heterocycles. The van der Waals surface area contributed by atoms with Crippen LogP contribution in [-0.2, 0) is 16.1 Å². The summed E-state index contributed by atoms with van der Waals surface area (Å²) >= 11 is 0. The Bertz CT molecular complexity index is 693. The minimum atomic E-state index is -0.135. The number of carbonyl (C=O) groups is 2. The Labute approximate surface area is 174 Å². The van der Waals surface area contributed by atoms with Gasteiger partial charge < -0.3 is 10.6 Å². The summed E-state index contributed by atoms with van der Waals surface area (Å²) < 4.78 is 0. The van der Waals surface area contributed by atoms with Crippen molar-refractivity contribution in [3.63, 3.8) is 0 Å². The molecule has 2 aliphatic rings. The molecule has 1 atom stereocenters. The lowest BCUT2D eigenvalue weighted by Crippen LogP contribution is -2.49. The van der Waals surface area contributed by atoms with Crippen LogP contribution in [0.5, 0.6) is 0 Å². The zero-order valence-electron chi connectivity index (χ0n) is 17.7. The van der Waals surface area contributed by atoms with Crippen molar-refractivity contribution in [3.05, 3.63) is 47.5 Å². The van der Waals surface area contributed by atoms with E-state index in [-0.39, 0.29) is 23.8 Å². The van der Waals surface area contributed by atoms with Crippen LogP contribution in [0.3, 0.4) is 0 Å². The summed E-state index contributed by atoms with van der Waals surface area (Å²) in [7, 11) is 0. The van der Waals surface area contributed by atoms with Gasteiger partial charge in [-0.25, -0.2) is 0 Å². The van der Waals surface area contributed by atoms with Crippen LogP contribution in [-0.4, -0.2) is 42.4 Å². The molecule has 1 fully saturated rings. The SMILES string of the molecule is CC(C(=O)NCCC1=CCCCC1)N1CCC(C(=O)NCc2ccccc2)CC1. The van der Waals surface area contributed by atoms with E-state index in [1.807, 2.05) is 37.3 Å². The number of nitrogens with one attached hydrogen (secondary N) is 2. The van der Waals surface area contributed by atoms with E-state index in [4.69, 9.17) is 0 Å². The molecule has 3 rings (SSSR count). The number of carbonyl (C=O) groups excluding carboxylic acids is 2. The third kappa shape index (κ3) is 6.70. The maximum Gasteiger partial charge on any atom is 0.237 e. The minimum Gasteiger partial charge on any atom is -0.354 e. The van der Waals surface area contributed by atoms with Crippen LogP contribution in [0, 0.1) is 5.92 Å². The predicted molar refractivity (Wildman–Crippen MR) is 116 cm³/mol. The Morgan fingerprint density at radius 1 is 1.10 bits per heavy atom. The number of piperidine rings is 1. The molecular formula is C24H35N3O2. The Morgan fingerprint density at radius 2 is 1.86 bits per heavy atom. The van der Waals surface area contributed by atoms with Crippen molar-refractivity contribution in [2.24, 2.45) is 5.92 Å². The number of nitrogens with zero attached hydrogens (tertiary/aromatic N) is 1. The second-order valence-corrected chi connectivity index (χ2v) is 8.34. The van der Waals surface area contributed by atoms with E-state index in [9.17, 15) is 9.59 Å². The highest BCUT2D eigenvalue weighted by atomic mass is 16.2. The first-order valence-electron chi connectivity index (χ1n) is 11.1. The van der Waals surface area contributed by atoms with Crippen LogP contribution in [0.1, 0.15) is 57.4 Å². The Morgan fingerprint density at radius 3 is 2.55 bits per heavy atom. The molecular weight excluding hydrogens is 362 g/mol. The maximum absolute atomic E-state index is 12.5. The summed E-state index contributed by atoms with van der Waals surface area (Å²) in [6.07, 6.45) is 9.89. The van der Waals surface area contributed by atoms with Crippen molar-refractivity contribution in [1.82, 2.24) is 15.5 Å². The van der Waals surface area contributed by atoms with Gasteiger partial charge in [-0.05, 0) is 70.5 Å². The summed E-state index contributed by atoms with van der Waals surface area (Å²) in [5.74, 6) is 0.281. The van der Waals surface area contributed by atoms with Gasteiger partial charge in [-0.15, -0.1) is 0 Å². The topological polar surface area (TPSA) is 61.4 Å². The molecule has 0 saturated carbocycles. The summed E-state index contributed by atoms with van der Waals surface area (Å²) in [4.78, 5) is 27.2. The molecule has 1 aliphatic heterocycles. The van der Waals surface area contributed by atoms with Crippen molar-refractivity contribution in [3.8, 4) is 0 Å². The van der Waals surface area contributed by atoms with Crippen LogP contribution < -0.4 is 10.6 Å². The lowest BCUT2D eigenvalue weighted by Gasteiger charge is -2.34. The number of amides is 2. The average molecular weight is 398 g/mol. The van der Waals surface area contributed by atoms with Gasteiger partial charge >= 0.3 is 0 Å². The molecule has 2 amide bonds. The van der Waals surface area contributed by atoms with E-state index in [1.54, 1.807) is 0 Å². The number of likely N-dealkylation sites (tertiary alicyclic amines) is 1. The lowest BCUT2D eigenvalue weighted by molar-refractivity contribution is -0.128. The van der Waals surface area contributed by atoms with Gasteiger partial charge in [0.1, 0.15) is 0 Å². The fraction of sp³-hybridized carbons (Fsp3) is 0.583. The van der Waals surface area contributed by atoms with Crippen molar-refractivity contribution in [1.29, 1.82) is 0 Å². The second-order valence-electron chi connectivity index (χ2n) is 8.34. The number of allylic oxidation sites excluding steroid dienone is 1. The lowest BCUT2D eigenvalue weighted by atomic mass is 9.94. The normalized spacial score (nSPS) is 19.3. The largest absolute Gasteiger partial charge is 0.354 e. The van der Waals surface area contributed by atoms with Gasteiger partial charge in [0.05, 0.1) is 6.04 Å². The van der Waals surface area contributed by atoms with Gasteiger partial charge in [0.15, 0.2) is 0 Å². The number of hydrogen-bond acceptors (Lipinski definition) is 3. The third-order valence-electron chi connectivity index (χ3n) is 6.27. The Balaban J connectivity index is 1.34. The predicted octanol–water partition coefficient (Wildman–Crippen LogP) is 3.41. The molecule has 5 nitrogen and oxygen atoms in total. The average Bonchev–Trinajstić information content (AvgIpc) is 2.78. The van der Waals surface area contributed by atoms with E-state index >= 15 is 0 Å². The molecule has 5 heteroatoms. The molecule has 0 spiro atoms. The van der Waals surface area contributed by atoms with E-state index in [1.165, 1.54) is 31.3 Å². The van der Waals surface area contributed by atoms with Crippen molar-refractivity contribution in [2.45, 2.75) is 64.5 Å². The molecule has 1 aromatic rings. The molecule has 2 N–H and O–H groups in total. The molecule has 1 saturated heterocycles. The molecule has 29 heavy (non-hydrogen) atoms. The standard InChI is InChI=1S/C24H35N3O2/c1-19(23(28)25-15-12-20-8-4-2-5-9-20)27-16-13-22(14-17-27)24(29)26-18-21-10-6-3-7-11-21/h3,6-8,10-11,19,22H,2,4-5,9,12-18H2,1H3,(H,25,28)(H,26,29). The molecule has 1 unspecified atom stereocenters. The van der Waals surface area contributed by atoms with Crippen molar-refractivity contribution < 1.29 is 9.59 Å². The van der Waals surface area contributed by atoms with Crippen molar-refractivity contribution in [2.75, 3.05) is 19.6 Å². The first-order chi connectivity index (χ1) is 14.1. The number of hydrogen-bond donors (Lipinski definition) is 2. The minimum absolute atomic E-state index is 0.0449. The molecule has 0 radical (unpaired) electrons. The molecule has 1 aliphatic carbocycles. The quantitative estimate of drug-likeness (QED) is 0.661. The van der Waals surface area contributed by atoms with Gasteiger partial charge in [0, 0.05) is 19.0 Å². The fourth-order valence-electron chi connectivity index (χ4n) is 4.27. The molecule has 1 aromatic carbocycles. The Kier molecular flexibility index (Phi) is 8.29. The van der Waals surface area contributed by atoms with Gasteiger partial charge in [-0.3, -0.25) is 14.5 Å². The smallest absolute Gasteiger partial charge is 0.237 e. The zero-order valence-corrected chi connectivity index (χ0v) is 17.7. The number of rotatable bonds is 8. The summed E-state index contributed by atoms with van der Waals surface area (Å²) in [5, 5.41) is 6.15. The summed E-state index contributed by atoms with van der Waals surface area (Å²) in [5.41, 5.74) is 2.61. The van der Waals surface area contributed by atoms with Crippen LogP contribution in [0.25, 0.3) is 0 Å².